The fraction of sp³-hybridized carbons (Fsp3) is 0.394. The molecule has 2 aliphatic heterocycles. The van der Waals surface area contributed by atoms with Crippen LogP contribution in [0.1, 0.15) is 63.6 Å². The van der Waals surface area contributed by atoms with Gasteiger partial charge in [0.25, 0.3) is 0 Å². The molecule has 2 aromatic heterocycles. The van der Waals surface area contributed by atoms with E-state index < -0.39 is 6.04 Å². The number of aromatic amines is 2. The number of nitrogens with one attached hydrogen (secondary N) is 2. The van der Waals surface area contributed by atoms with Crippen LogP contribution in [-0.4, -0.2) is 60.7 Å². The summed E-state index contributed by atoms with van der Waals surface area (Å²) in [5, 5.41) is 0. The number of carbonyl (C=O) groups excluding carboxylic acids is 2. The minimum Gasteiger partial charge on any atom is -0.341 e. The molecule has 218 valence electrons. The second-order valence-corrected chi connectivity index (χ2v) is 11.9. The molecule has 2 aliphatic rings. The van der Waals surface area contributed by atoms with Gasteiger partial charge in [-0.15, -0.1) is 0 Å². The molecular weight excluding hydrogens is 526 g/mol. The molecule has 4 heterocycles. The van der Waals surface area contributed by atoms with Crippen LogP contribution in [0.15, 0.2) is 60.9 Å². The number of carbonyl (C=O) groups is 2. The quantitative estimate of drug-likeness (QED) is 0.268. The third kappa shape index (κ3) is 5.87. The largest absolute Gasteiger partial charge is 0.341 e. The van der Waals surface area contributed by atoms with Crippen LogP contribution >= 0.6 is 0 Å². The Kier molecular flexibility index (Phi) is 7.93. The maximum atomic E-state index is 12.7. The van der Waals surface area contributed by atoms with E-state index in [1.54, 1.807) is 4.90 Å². The van der Waals surface area contributed by atoms with Crippen molar-refractivity contribution in [1.29, 1.82) is 0 Å². The number of nitrogens with zero attached hydrogens (tertiary/aromatic N) is 4. The molecule has 2 saturated heterocycles. The lowest BCUT2D eigenvalue weighted by Gasteiger charge is -2.29. The number of piperidine rings is 1. The Balaban J connectivity index is 1.10. The van der Waals surface area contributed by atoms with Gasteiger partial charge in [-0.3, -0.25) is 9.59 Å². The average Bonchev–Trinajstić information content (AvgIpc) is 3.76. The zero-order valence-corrected chi connectivity index (χ0v) is 24.3. The number of H-pyrrole nitrogens is 2. The third-order valence-corrected chi connectivity index (χ3v) is 8.33. The molecule has 0 radical (unpaired) electrons. The lowest BCUT2D eigenvalue weighted by molar-refractivity contribution is -0.135. The Morgan fingerprint density at radius 3 is 2.14 bits per heavy atom. The van der Waals surface area contributed by atoms with Gasteiger partial charge in [0.2, 0.25) is 11.8 Å². The average molecular weight is 566 g/mol. The summed E-state index contributed by atoms with van der Waals surface area (Å²) in [5.74, 6) is 2.19. The van der Waals surface area contributed by atoms with Crippen LogP contribution in [0.3, 0.4) is 0 Å². The Hall–Kier alpha value is -4.24. The molecule has 2 aromatic carbocycles. The van der Waals surface area contributed by atoms with Crippen molar-refractivity contribution in [2.24, 2.45) is 11.7 Å². The first-order valence-corrected chi connectivity index (χ1v) is 15.0. The molecule has 0 aliphatic carbocycles. The molecule has 9 nitrogen and oxygen atoms in total. The number of likely N-dealkylation sites (tertiary alicyclic amines) is 2. The van der Waals surface area contributed by atoms with Crippen molar-refractivity contribution in [3.05, 3.63) is 72.6 Å². The molecule has 2 atom stereocenters. The smallest absolute Gasteiger partial charge is 0.239 e. The van der Waals surface area contributed by atoms with Crippen LogP contribution in [-0.2, 0) is 16.1 Å². The number of nitrogens with two attached hydrogens (primary N) is 1. The predicted octanol–water partition coefficient (Wildman–Crippen LogP) is 5.29. The van der Waals surface area contributed by atoms with E-state index in [0.717, 1.165) is 84.1 Å². The topological polar surface area (TPSA) is 124 Å². The van der Waals surface area contributed by atoms with Gasteiger partial charge in [0.1, 0.15) is 11.6 Å². The van der Waals surface area contributed by atoms with Crippen LogP contribution in [0.2, 0.25) is 0 Å². The van der Waals surface area contributed by atoms with E-state index in [4.69, 9.17) is 5.73 Å². The Bertz CT molecular complexity index is 1540. The van der Waals surface area contributed by atoms with E-state index in [1.807, 2.05) is 17.3 Å². The molecule has 4 N–H and O–H groups in total. The van der Waals surface area contributed by atoms with Crippen LogP contribution in [0.4, 0.5) is 0 Å². The van der Waals surface area contributed by atoms with Gasteiger partial charge in [-0.2, -0.15) is 0 Å². The molecule has 4 aromatic rings. The maximum absolute atomic E-state index is 12.7. The second-order valence-electron chi connectivity index (χ2n) is 11.9. The van der Waals surface area contributed by atoms with Gasteiger partial charge in [-0.1, -0.05) is 62.4 Å². The van der Waals surface area contributed by atoms with Crippen LogP contribution < -0.4 is 5.73 Å². The molecule has 42 heavy (non-hydrogen) atoms. The molecule has 6 rings (SSSR count). The normalized spacial score (nSPS) is 19.2. The zero-order valence-electron chi connectivity index (χ0n) is 24.3. The highest BCUT2D eigenvalue weighted by molar-refractivity contribution is 5.82. The van der Waals surface area contributed by atoms with Crippen molar-refractivity contribution in [3.63, 3.8) is 0 Å². The van der Waals surface area contributed by atoms with Crippen molar-refractivity contribution in [2.45, 2.75) is 64.6 Å². The van der Waals surface area contributed by atoms with Crippen LogP contribution in [0.5, 0.6) is 0 Å². The number of amides is 2. The maximum Gasteiger partial charge on any atom is 0.239 e. The summed E-state index contributed by atoms with van der Waals surface area (Å²) >= 11 is 0. The first-order chi connectivity index (χ1) is 20.4. The van der Waals surface area contributed by atoms with Gasteiger partial charge < -0.3 is 25.5 Å². The number of hydrogen-bond donors (Lipinski definition) is 3. The standard InChI is InChI=1S/C33H39N7O2/c1-21(2)17-31(41)40-16-4-6-29(40)32-36-19-28(38-32)25-13-9-23(10-14-25)22-7-11-24(12-8-22)27-18-35-30(37-27)20-39-15-3-5-26(34)33(39)42/h7-14,18-19,21,26,29H,3-6,15-17,20,34H2,1-2H3,(H,35,37)(H,36,38)/t26-,29-/m1/s1. The van der Waals surface area contributed by atoms with Crippen molar-refractivity contribution < 1.29 is 9.59 Å². The fourth-order valence-corrected chi connectivity index (χ4v) is 6.05. The summed E-state index contributed by atoms with van der Waals surface area (Å²) in [6, 6.07) is 16.4. The number of hydrogen-bond acceptors (Lipinski definition) is 5. The van der Waals surface area contributed by atoms with E-state index in [0.29, 0.717) is 18.9 Å². The van der Waals surface area contributed by atoms with Gasteiger partial charge in [0.05, 0.1) is 42.4 Å². The monoisotopic (exact) mass is 565 g/mol. The van der Waals surface area contributed by atoms with E-state index in [9.17, 15) is 9.59 Å². The number of imidazole rings is 2. The summed E-state index contributed by atoms with van der Waals surface area (Å²) in [7, 11) is 0. The van der Waals surface area contributed by atoms with Gasteiger partial charge in [-0.25, -0.2) is 9.97 Å². The molecule has 0 bridgehead atoms. The van der Waals surface area contributed by atoms with Crippen molar-refractivity contribution >= 4 is 11.8 Å². The first kappa shape index (κ1) is 27.9. The highest BCUT2D eigenvalue weighted by Gasteiger charge is 2.32. The Labute approximate surface area is 246 Å². The van der Waals surface area contributed by atoms with E-state index in [1.165, 1.54) is 0 Å². The fourth-order valence-electron chi connectivity index (χ4n) is 6.05. The van der Waals surface area contributed by atoms with Gasteiger partial charge >= 0.3 is 0 Å². The van der Waals surface area contributed by atoms with Crippen LogP contribution in [0.25, 0.3) is 33.6 Å². The van der Waals surface area contributed by atoms with Crippen molar-refractivity contribution in [1.82, 2.24) is 29.7 Å². The zero-order chi connectivity index (χ0) is 29.2. The van der Waals surface area contributed by atoms with E-state index in [2.05, 4.69) is 82.3 Å². The highest BCUT2D eigenvalue weighted by atomic mass is 16.2. The molecule has 9 heteroatoms. The minimum atomic E-state index is -0.402. The van der Waals surface area contributed by atoms with E-state index in [-0.39, 0.29) is 17.9 Å². The van der Waals surface area contributed by atoms with E-state index >= 15 is 0 Å². The van der Waals surface area contributed by atoms with Gasteiger partial charge in [0.15, 0.2) is 0 Å². The first-order valence-electron chi connectivity index (χ1n) is 15.0. The third-order valence-electron chi connectivity index (χ3n) is 8.33. The van der Waals surface area contributed by atoms with Gasteiger partial charge in [0, 0.05) is 19.5 Å². The van der Waals surface area contributed by atoms with Gasteiger partial charge in [-0.05, 0) is 53.9 Å². The highest BCUT2D eigenvalue weighted by Crippen LogP contribution is 2.33. The Morgan fingerprint density at radius 2 is 1.48 bits per heavy atom. The summed E-state index contributed by atoms with van der Waals surface area (Å²) in [5.41, 5.74) is 12.1. The van der Waals surface area contributed by atoms with Crippen LogP contribution in [0, 0.1) is 5.92 Å². The summed E-state index contributed by atoms with van der Waals surface area (Å²) in [6.45, 7) is 6.13. The molecule has 0 saturated carbocycles. The number of rotatable bonds is 8. The summed E-state index contributed by atoms with van der Waals surface area (Å²) in [4.78, 5) is 44.9. The van der Waals surface area contributed by atoms with Crippen molar-refractivity contribution in [2.75, 3.05) is 13.1 Å². The predicted molar refractivity (Wildman–Crippen MR) is 163 cm³/mol. The Morgan fingerprint density at radius 1 is 0.881 bits per heavy atom. The number of benzene rings is 2. The number of aromatic nitrogens is 4. The molecule has 2 amide bonds. The second kappa shape index (κ2) is 11.9. The summed E-state index contributed by atoms with van der Waals surface area (Å²) < 4.78 is 0. The SMILES string of the molecule is CC(C)CC(=O)N1CCC[C@@H]1c1ncc(-c2ccc(-c3ccc(-c4cnc(CN5CCC[C@@H](N)C5=O)[nH]4)cc3)cc2)[nH]1. The summed E-state index contributed by atoms with van der Waals surface area (Å²) in [6.07, 6.45) is 7.89. The lowest BCUT2D eigenvalue weighted by atomic mass is 10.0. The molecule has 0 spiro atoms. The lowest BCUT2D eigenvalue weighted by Crippen LogP contribution is -2.47. The molecule has 2 fully saturated rings. The van der Waals surface area contributed by atoms with Crippen molar-refractivity contribution in [3.8, 4) is 33.6 Å². The molecular formula is C33H39N7O2. The minimum absolute atomic E-state index is 0.00316. The molecule has 0 unspecified atom stereocenters.